The number of fused-ring (bicyclic) bond motifs is 1. The van der Waals surface area contributed by atoms with Crippen molar-refractivity contribution in [3.8, 4) is 5.69 Å². The highest BCUT2D eigenvalue weighted by molar-refractivity contribution is 5.97. The average molecular weight is 323 g/mol. The van der Waals surface area contributed by atoms with Gasteiger partial charge in [-0.15, -0.1) is 0 Å². The predicted octanol–water partition coefficient (Wildman–Crippen LogP) is 2.96. The van der Waals surface area contributed by atoms with Gasteiger partial charge in [-0.25, -0.2) is 4.98 Å². The molecule has 2 aromatic carbocycles. The highest BCUT2D eigenvalue weighted by Crippen LogP contribution is 2.20. The van der Waals surface area contributed by atoms with E-state index in [9.17, 15) is 4.79 Å². The van der Waals surface area contributed by atoms with E-state index in [2.05, 4.69) is 41.5 Å². The number of carbonyl (C=O) groups is 1. The van der Waals surface area contributed by atoms with Crippen LogP contribution in [-0.2, 0) is 11.2 Å². The Morgan fingerprint density at radius 1 is 1.21 bits per heavy atom. The Hall–Kier alpha value is -2.66. The second-order valence-electron chi connectivity index (χ2n) is 5.59. The maximum Gasteiger partial charge on any atom is 0.251 e. The monoisotopic (exact) mass is 323 g/mol. The number of benzene rings is 2. The van der Waals surface area contributed by atoms with E-state index < -0.39 is 0 Å². The summed E-state index contributed by atoms with van der Waals surface area (Å²) in [5, 5.41) is 2.82. The third kappa shape index (κ3) is 3.31. The molecule has 0 atom stereocenters. The minimum atomic E-state index is -0.115. The molecule has 24 heavy (non-hydrogen) atoms. The fraction of sp³-hybridized carbons (Fsp3) is 0.263. The zero-order valence-corrected chi connectivity index (χ0v) is 14.0. The van der Waals surface area contributed by atoms with Gasteiger partial charge in [0.25, 0.3) is 5.91 Å². The molecule has 0 spiro atoms. The lowest BCUT2D eigenvalue weighted by Crippen LogP contribution is -2.26. The van der Waals surface area contributed by atoms with Crippen LogP contribution < -0.4 is 5.32 Å². The molecule has 0 bridgehead atoms. The second kappa shape index (κ2) is 7.27. The number of nitrogens with one attached hydrogen (secondary N) is 1. The summed E-state index contributed by atoms with van der Waals surface area (Å²) in [5.74, 6) is -0.115. The lowest BCUT2D eigenvalue weighted by Gasteiger charge is -2.07. The summed E-state index contributed by atoms with van der Waals surface area (Å²) in [5.41, 5.74) is 4.75. The van der Waals surface area contributed by atoms with Crippen molar-refractivity contribution in [3.05, 3.63) is 59.9 Å². The fourth-order valence-electron chi connectivity index (χ4n) is 2.62. The zero-order valence-electron chi connectivity index (χ0n) is 14.0. The first-order valence-electron chi connectivity index (χ1n) is 8.06. The van der Waals surface area contributed by atoms with Gasteiger partial charge in [0.05, 0.1) is 17.6 Å². The maximum absolute atomic E-state index is 12.1. The van der Waals surface area contributed by atoms with Crippen molar-refractivity contribution in [2.24, 2.45) is 0 Å². The molecular weight excluding hydrogens is 302 g/mol. The van der Waals surface area contributed by atoms with Crippen LogP contribution in [0.3, 0.4) is 0 Å². The van der Waals surface area contributed by atoms with Crippen molar-refractivity contribution < 1.29 is 9.53 Å². The number of carbonyl (C=O) groups excluding carboxylic acids is 1. The average Bonchev–Trinajstić information content (AvgIpc) is 3.05. The Morgan fingerprint density at radius 2 is 2.00 bits per heavy atom. The van der Waals surface area contributed by atoms with Crippen LogP contribution in [0.5, 0.6) is 0 Å². The van der Waals surface area contributed by atoms with Crippen LogP contribution in [0.15, 0.2) is 48.8 Å². The molecule has 1 amide bonds. The highest BCUT2D eigenvalue weighted by atomic mass is 16.5. The van der Waals surface area contributed by atoms with E-state index in [1.807, 2.05) is 22.8 Å². The van der Waals surface area contributed by atoms with E-state index in [1.54, 1.807) is 13.4 Å². The minimum Gasteiger partial charge on any atom is -0.383 e. The quantitative estimate of drug-likeness (QED) is 0.710. The molecule has 0 saturated heterocycles. The molecule has 0 unspecified atom stereocenters. The first kappa shape index (κ1) is 16.2. The van der Waals surface area contributed by atoms with Gasteiger partial charge in [-0.2, -0.15) is 0 Å². The summed E-state index contributed by atoms with van der Waals surface area (Å²) in [7, 11) is 1.61. The van der Waals surface area contributed by atoms with Gasteiger partial charge in [0.1, 0.15) is 6.33 Å². The van der Waals surface area contributed by atoms with Crippen LogP contribution in [0.4, 0.5) is 0 Å². The maximum atomic E-state index is 12.1. The molecule has 3 rings (SSSR count). The standard InChI is InChI=1S/C19H21N3O2/c1-3-14-4-7-16(8-5-14)22-13-21-17-12-15(6-9-18(17)22)19(23)20-10-11-24-2/h4-9,12-13H,3,10-11H2,1-2H3,(H,20,23). The normalized spacial score (nSPS) is 10.9. The van der Waals surface area contributed by atoms with Gasteiger partial charge in [0.2, 0.25) is 0 Å². The van der Waals surface area contributed by atoms with E-state index in [0.29, 0.717) is 18.7 Å². The minimum absolute atomic E-state index is 0.115. The fourth-order valence-corrected chi connectivity index (χ4v) is 2.62. The van der Waals surface area contributed by atoms with Gasteiger partial charge in [-0.3, -0.25) is 9.36 Å². The molecule has 1 aromatic heterocycles. The van der Waals surface area contributed by atoms with Crippen LogP contribution in [0.2, 0.25) is 0 Å². The number of hydrogen-bond acceptors (Lipinski definition) is 3. The second-order valence-corrected chi connectivity index (χ2v) is 5.59. The molecule has 3 aromatic rings. The van der Waals surface area contributed by atoms with Crippen molar-refractivity contribution in [2.75, 3.05) is 20.3 Å². The number of rotatable bonds is 6. The van der Waals surface area contributed by atoms with Gasteiger partial charge < -0.3 is 10.1 Å². The molecule has 0 aliphatic rings. The number of nitrogens with zero attached hydrogens (tertiary/aromatic N) is 2. The third-order valence-corrected chi connectivity index (χ3v) is 4.02. The van der Waals surface area contributed by atoms with E-state index in [1.165, 1.54) is 5.56 Å². The summed E-state index contributed by atoms with van der Waals surface area (Å²) in [6.45, 7) is 3.13. The summed E-state index contributed by atoms with van der Waals surface area (Å²) in [6.07, 6.45) is 2.81. The molecule has 0 aliphatic carbocycles. The lowest BCUT2D eigenvalue weighted by atomic mass is 10.1. The van der Waals surface area contributed by atoms with Crippen LogP contribution in [0.25, 0.3) is 16.7 Å². The summed E-state index contributed by atoms with van der Waals surface area (Å²) in [6, 6.07) is 14.0. The van der Waals surface area contributed by atoms with Crippen molar-refractivity contribution in [1.82, 2.24) is 14.9 Å². The number of ether oxygens (including phenoxy) is 1. The number of amides is 1. The molecule has 124 valence electrons. The molecule has 0 saturated carbocycles. The van der Waals surface area contributed by atoms with Gasteiger partial charge in [0, 0.05) is 24.9 Å². The first-order chi connectivity index (χ1) is 11.7. The SMILES string of the molecule is CCc1ccc(-n2cnc3cc(C(=O)NCCOC)ccc32)cc1. The van der Waals surface area contributed by atoms with Crippen LogP contribution in [0, 0.1) is 0 Å². The Morgan fingerprint density at radius 3 is 2.71 bits per heavy atom. The van der Waals surface area contributed by atoms with Gasteiger partial charge in [0.15, 0.2) is 0 Å². The Balaban J connectivity index is 1.86. The Kier molecular flexibility index (Phi) is 4.91. The van der Waals surface area contributed by atoms with Crippen LogP contribution in [0.1, 0.15) is 22.8 Å². The molecular formula is C19H21N3O2. The number of aromatic nitrogens is 2. The Bertz CT molecular complexity index is 837. The van der Waals surface area contributed by atoms with Gasteiger partial charge in [-0.1, -0.05) is 19.1 Å². The highest BCUT2D eigenvalue weighted by Gasteiger charge is 2.10. The predicted molar refractivity (Wildman–Crippen MR) is 94.7 cm³/mol. The summed E-state index contributed by atoms with van der Waals surface area (Å²) in [4.78, 5) is 16.5. The van der Waals surface area contributed by atoms with Crippen LogP contribution >= 0.6 is 0 Å². The topological polar surface area (TPSA) is 56.2 Å². The van der Waals surface area contributed by atoms with E-state index in [4.69, 9.17) is 4.74 Å². The van der Waals surface area contributed by atoms with E-state index >= 15 is 0 Å². The first-order valence-corrected chi connectivity index (χ1v) is 8.06. The molecule has 0 fully saturated rings. The smallest absolute Gasteiger partial charge is 0.251 e. The van der Waals surface area contributed by atoms with Gasteiger partial charge in [-0.05, 0) is 42.3 Å². The largest absolute Gasteiger partial charge is 0.383 e. The molecule has 1 heterocycles. The summed E-state index contributed by atoms with van der Waals surface area (Å²) < 4.78 is 6.97. The molecule has 0 aliphatic heterocycles. The van der Waals surface area contributed by atoms with Crippen LogP contribution in [-0.4, -0.2) is 35.7 Å². The lowest BCUT2D eigenvalue weighted by molar-refractivity contribution is 0.0937. The molecule has 1 N–H and O–H groups in total. The number of imidazole rings is 1. The van der Waals surface area contributed by atoms with Crippen molar-refractivity contribution in [3.63, 3.8) is 0 Å². The molecule has 0 radical (unpaired) electrons. The number of aryl methyl sites for hydroxylation is 1. The third-order valence-electron chi connectivity index (χ3n) is 4.02. The Labute approximate surface area is 141 Å². The summed E-state index contributed by atoms with van der Waals surface area (Å²) >= 11 is 0. The molecule has 5 nitrogen and oxygen atoms in total. The van der Waals surface area contributed by atoms with Crippen molar-refractivity contribution in [2.45, 2.75) is 13.3 Å². The van der Waals surface area contributed by atoms with E-state index in [0.717, 1.165) is 23.1 Å². The van der Waals surface area contributed by atoms with E-state index in [-0.39, 0.29) is 5.91 Å². The van der Waals surface area contributed by atoms with Gasteiger partial charge >= 0.3 is 0 Å². The zero-order chi connectivity index (χ0) is 16.9. The van der Waals surface area contributed by atoms with Crippen molar-refractivity contribution >= 4 is 16.9 Å². The molecule has 5 heteroatoms. The number of methoxy groups -OCH3 is 1. The van der Waals surface area contributed by atoms with Crippen molar-refractivity contribution in [1.29, 1.82) is 0 Å². The number of hydrogen-bond donors (Lipinski definition) is 1.